The van der Waals surface area contributed by atoms with Gasteiger partial charge in [0, 0.05) is 10.2 Å². The van der Waals surface area contributed by atoms with Crippen molar-refractivity contribution in [2.75, 3.05) is 5.73 Å². The number of halogens is 2. The van der Waals surface area contributed by atoms with Crippen LogP contribution in [0, 0.1) is 0 Å². The number of carbonyl (C=O) groups is 1. The van der Waals surface area contributed by atoms with Crippen LogP contribution in [0.25, 0.3) is 0 Å². The predicted molar refractivity (Wildman–Crippen MR) is 52.8 cm³/mol. The molecule has 0 aliphatic rings. The average molecular weight is 252 g/mol. The van der Waals surface area contributed by atoms with Gasteiger partial charge in [0.1, 0.15) is 0 Å². The Hall–Kier alpha value is -0.740. The molecule has 3 N–H and O–H groups in total. The van der Waals surface area contributed by atoms with Crippen molar-refractivity contribution in [3.8, 4) is 0 Å². The number of benzene rings is 1. The van der Waals surface area contributed by atoms with Gasteiger partial charge in [-0.15, -0.1) is 12.4 Å². The quantitative estimate of drug-likeness (QED) is 0.753. The van der Waals surface area contributed by atoms with E-state index in [2.05, 4.69) is 15.9 Å². The van der Waals surface area contributed by atoms with Crippen molar-refractivity contribution in [3.63, 3.8) is 0 Å². The Morgan fingerprint density at radius 1 is 1.50 bits per heavy atom. The van der Waals surface area contributed by atoms with Crippen molar-refractivity contribution < 1.29 is 9.90 Å². The predicted octanol–water partition coefficient (Wildman–Crippen LogP) is 2.15. The summed E-state index contributed by atoms with van der Waals surface area (Å²) in [5, 5.41) is 8.60. The maximum absolute atomic E-state index is 10.5. The summed E-state index contributed by atoms with van der Waals surface area (Å²) < 4.78 is 0.541. The first kappa shape index (κ1) is 11.3. The zero-order valence-corrected chi connectivity index (χ0v) is 8.35. The zero-order chi connectivity index (χ0) is 8.43. The molecule has 0 bridgehead atoms. The van der Waals surface area contributed by atoms with Crippen LogP contribution in [-0.4, -0.2) is 11.1 Å². The van der Waals surface area contributed by atoms with Gasteiger partial charge in [-0.3, -0.25) is 0 Å². The fourth-order valence-electron chi connectivity index (χ4n) is 0.707. The number of nitrogens with two attached hydrogens (primary N) is 1. The molecule has 1 aromatic carbocycles. The van der Waals surface area contributed by atoms with Gasteiger partial charge >= 0.3 is 5.97 Å². The van der Waals surface area contributed by atoms with E-state index in [4.69, 9.17) is 10.8 Å². The summed E-state index contributed by atoms with van der Waals surface area (Å²) in [5.41, 5.74) is 6.02. The Morgan fingerprint density at radius 3 is 2.50 bits per heavy atom. The molecule has 0 radical (unpaired) electrons. The van der Waals surface area contributed by atoms with Gasteiger partial charge in [-0.05, 0) is 34.1 Å². The Kier molecular flexibility index (Phi) is 4.06. The Morgan fingerprint density at radius 2 is 2.08 bits per heavy atom. The smallest absolute Gasteiger partial charge is 0.336 e. The number of anilines is 1. The first-order chi connectivity index (χ1) is 5.11. The summed E-state index contributed by atoms with van der Waals surface area (Å²) in [6.45, 7) is 0. The number of carboxylic acid groups (broad SMARTS) is 1. The fraction of sp³-hybridized carbons (Fsp3) is 0. The molecule has 0 saturated carbocycles. The summed E-state index contributed by atoms with van der Waals surface area (Å²) in [5.74, 6) is -0.982. The third kappa shape index (κ3) is 2.39. The van der Waals surface area contributed by atoms with E-state index in [0.717, 1.165) is 0 Å². The highest BCUT2D eigenvalue weighted by molar-refractivity contribution is 9.10. The highest BCUT2D eigenvalue weighted by Crippen LogP contribution is 2.18. The molecule has 0 aliphatic carbocycles. The van der Waals surface area contributed by atoms with Gasteiger partial charge in [-0.25, -0.2) is 4.79 Å². The van der Waals surface area contributed by atoms with Gasteiger partial charge < -0.3 is 10.8 Å². The summed E-state index contributed by atoms with van der Waals surface area (Å²) in [7, 11) is 0. The second-order valence-corrected chi connectivity index (χ2v) is 2.90. The Bertz CT molecular complexity index is 303. The molecular formula is C7H7BrClNO2. The molecule has 3 nitrogen and oxygen atoms in total. The molecule has 1 rings (SSSR count). The molecule has 0 aromatic heterocycles. The molecule has 0 heterocycles. The number of nitrogen functional groups attached to an aromatic ring is 1. The van der Waals surface area contributed by atoms with E-state index in [1.54, 1.807) is 12.1 Å². The molecule has 0 amide bonds. The van der Waals surface area contributed by atoms with Crippen LogP contribution < -0.4 is 5.73 Å². The zero-order valence-electron chi connectivity index (χ0n) is 5.95. The topological polar surface area (TPSA) is 63.3 Å². The third-order valence-corrected chi connectivity index (χ3v) is 1.91. The van der Waals surface area contributed by atoms with Crippen LogP contribution in [0.1, 0.15) is 10.4 Å². The number of aromatic carboxylic acids is 1. The van der Waals surface area contributed by atoms with Crippen LogP contribution in [0.4, 0.5) is 5.69 Å². The van der Waals surface area contributed by atoms with Gasteiger partial charge in [0.05, 0.1) is 5.56 Å². The van der Waals surface area contributed by atoms with E-state index in [0.29, 0.717) is 10.2 Å². The minimum atomic E-state index is -0.982. The van der Waals surface area contributed by atoms with Gasteiger partial charge in [-0.2, -0.15) is 0 Å². The van der Waals surface area contributed by atoms with E-state index in [-0.39, 0.29) is 18.0 Å². The second kappa shape index (κ2) is 4.33. The summed E-state index contributed by atoms with van der Waals surface area (Å²) >= 11 is 3.09. The third-order valence-electron chi connectivity index (χ3n) is 1.22. The molecule has 1 aromatic rings. The lowest BCUT2D eigenvalue weighted by molar-refractivity contribution is 0.0696. The summed E-state index contributed by atoms with van der Waals surface area (Å²) in [6.07, 6.45) is 0. The highest BCUT2D eigenvalue weighted by Gasteiger charge is 2.06. The second-order valence-electron chi connectivity index (χ2n) is 2.04. The molecule has 0 atom stereocenters. The van der Waals surface area contributed by atoms with Crippen molar-refractivity contribution in [1.82, 2.24) is 0 Å². The van der Waals surface area contributed by atoms with Gasteiger partial charge in [0.2, 0.25) is 0 Å². The maximum atomic E-state index is 10.5. The number of rotatable bonds is 1. The monoisotopic (exact) mass is 251 g/mol. The van der Waals surface area contributed by atoms with Gasteiger partial charge in [0.15, 0.2) is 0 Å². The lowest BCUT2D eigenvalue weighted by atomic mass is 10.2. The standard InChI is InChI=1S/C7H6BrNO2.ClH/c8-6-2-1-4(9)3-5(6)7(10)11;/h1-3H,9H2,(H,10,11);1H. The van der Waals surface area contributed by atoms with E-state index < -0.39 is 5.97 Å². The molecular weight excluding hydrogens is 245 g/mol. The van der Waals surface area contributed by atoms with Gasteiger partial charge in [-0.1, -0.05) is 0 Å². The van der Waals surface area contributed by atoms with E-state index in [9.17, 15) is 4.79 Å². The highest BCUT2D eigenvalue weighted by atomic mass is 79.9. The number of hydrogen-bond acceptors (Lipinski definition) is 2. The molecule has 0 fully saturated rings. The molecule has 0 aliphatic heterocycles. The average Bonchev–Trinajstić information content (AvgIpc) is 1.94. The first-order valence-corrected chi connectivity index (χ1v) is 3.69. The van der Waals surface area contributed by atoms with Crippen molar-refractivity contribution in [2.24, 2.45) is 0 Å². The summed E-state index contributed by atoms with van der Waals surface area (Å²) in [4.78, 5) is 10.5. The molecule has 0 unspecified atom stereocenters. The number of hydrogen-bond donors (Lipinski definition) is 2. The Balaban J connectivity index is 0.00000121. The van der Waals surface area contributed by atoms with Crippen LogP contribution in [0.3, 0.4) is 0 Å². The van der Waals surface area contributed by atoms with Crippen LogP contribution in [0.2, 0.25) is 0 Å². The largest absolute Gasteiger partial charge is 0.478 e. The molecule has 66 valence electrons. The normalized spacial score (nSPS) is 8.75. The van der Waals surface area contributed by atoms with Crippen LogP contribution in [-0.2, 0) is 0 Å². The minimum Gasteiger partial charge on any atom is -0.478 e. The van der Waals surface area contributed by atoms with Crippen LogP contribution in [0.15, 0.2) is 22.7 Å². The molecule has 0 spiro atoms. The first-order valence-electron chi connectivity index (χ1n) is 2.89. The van der Waals surface area contributed by atoms with Crippen molar-refractivity contribution >= 4 is 40.0 Å². The Labute approximate surface area is 84.1 Å². The molecule has 12 heavy (non-hydrogen) atoms. The van der Waals surface area contributed by atoms with Crippen molar-refractivity contribution in [2.45, 2.75) is 0 Å². The molecule has 5 heteroatoms. The SMILES string of the molecule is Cl.Nc1ccc(Br)c(C(=O)O)c1. The lowest BCUT2D eigenvalue weighted by Gasteiger charge is -1.98. The summed E-state index contributed by atoms with van der Waals surface area (Å²) in [6, 6.07) is 4.65. The van der Waals surface area contributed by atoms with Crippen molar-refractivity contribution in [1.29, 1.82) is 0 Å². The lowest BCUT2D eigenvalue weighted by Crippen LogP contribution is -1.98. The van der Waals surface area contributed by atoms with Gasteiger partial charge in [0.25, 0.3) is 0 Å². The van der Waals surface area contributed by atoms with E-state index in [1.807, 2.05) is 0 Å². The van der Waals surface area contributed by atoms with E-state index >= 15 is 0 Å². The number of carboxylic acids is 1. The maximum Gasteiger partial charge on any atom is 0.336 e. The minimum absolute atomic E-state index is 0. The fourth-order valence-corrected chi connectivity index (χ4v) is 1.12. The van der Waals surface area contributed by atoms with Crippen LogP contribution >= 0.6 is 28.3 Å². The van der Waals surface area contributed by atoms with Crippen LogP contribution in [0.5, 0.6) is 0 Å². The van der Waals surface area contributed by atoms with E-state index in [1.165, 1.54) is 6.07 Å². The molecule has 0 saturated heterocycles. The van der Waals surface area contributed by atoms with Crippen molar-refractivity contribution in [3.05, 3.63) is 28.2 Å².